The Morgan fingerprint density at radius 3 is 2.20 bits per heavy atom. The van der Waals surface area contributed by atoms with E-state index in [0.29, 0.717) is 0 Å². The highest BCUT2D eigenvalue weighted by Crippen LogP contribution is 2.34. The largest absolute Gasteiger partial charge is 0.416 e. The molecule has 2 aromatic rings. The van der Waals surface area contributed by atoms with E-state index in [-0.39, 0.29) is 17.7 Å². The first-order chi connectivity index (χ1) is 9.27. The molecule has 1 nitrogen and oxygen atoms in total. The fourth-order valence-corrected chi connectivity index (χ4v) is 2.26. The molecule has 20 heavy (non-hydrogen) atoms. The second-order valence-corrected chi connectivity index (χ2v) is 5.02. The highest BCUT2D eigenvalue weighted by atomic mass is 19.4. The van der Waals surface area contributed by atoms with E-state index in [9.17, 15) is 13.2 Å². The Morgan fingerprint density at radius 2 is 1.60 bits per heavy atom. The molecule has 106 valence electrons. The van der Waals surface area contributed by atoms with Gasteiger partial charge in [0.15, 0.2) is 0 Å². The van der Waals surface area contributed by atoms with Gasteiger partial charge in [-0.3, -0.25) is 0 Å². The molecule has 0 aliphatic rings. The number of anilines is 1. The summed E-state index contributed by atoms with van der Waals surface area (Å²) in [5, 5.41) is 0. The van der Waals surface area contributed by atoms with Gasteiger partial charge < -0.3 is 5.73 Å². The molecule has 2 N–H and O–H groups in total. The first kappa shape index (κ1) is 14.4. The fourth-order valence-electron chi connectivity index (χ4n) is 2.26. The molecule has 0 bridgehead atoms. The molecule has 2 aromatic carbocycles. The van der Waals surface area contributed by atoms with Crippen LogP contribution in [0.25, 0.3) is 0 Å². The smallest absolute Gasteiger partial charge is 0.399 e. The van der Waals surface area contributed by atoms with Crippen molar-refractivity contribution in [3.05, 3.63) is 64.2 Å². The van der Waals surface area contributed by atoms with Crippen LogP contribution in [-0.2, 0) is 12.6 Å². The molecule has 0 radical (unpaired) electrons. The Kier molecular flexibility index (Phi) is 3.75. The molecule has 0 heterocycles. The Morgan fingerprint density at radius 1 is 0.950 bits per heavy atom. The summed E-state index contributed by atoms with van der Waals surface area (Å²) in [6.45, 7) is 3.87. The molecule has 4 heteroatoms. The number of hydrogen-bond acceptors (Lipinski definition) is 1. The summed E-state index contributed by atoms with van der Waals surface area (Å²) in [7, 11) is 0. The van der Waals surface area contributed by atoms with Gasteiger partial charge >= 0.3 is 6.18 Å². The van der Waals surface area contributed by atoms with Crippen LogP contribution in [0.3, 0.4) is 0 Å². The quantitative estimate of drug-likeness (QED) is 0.805. The number of aryl methyl sites for hydroxylation is 2. The van der Waals surface area contributed by atoms with Gasteiger partial charge in [-0.1, -0.05) is 29.8 Å². The first-order valence-corrected chi connectivity index (χ1v) is 6.29. The molecule has 0 aliphatic heterocycles. The van der Waals surface area contributed by atoms with Crippen molar-refractivity contribution in [2.45, 2.75) is 26.4 Å². The minimum absolute atomic E-state index is 0.127. The molecule has 0 atom stereocenters. The molecule has 0 amide bonds. The van der Waals surface area contributed by atoms with Crippen LogP contribution in [0.5, 0.6) is 0 Å². The maximum absolute atomic E-state index is 13.0. The number of hydrogen-bond donors (Lipinski definition) is 1. The van der Waals surface area contributed by atoms with Crippen LogP contribution in [-0.4, -0.2) is 0 Å². The second-order valence-electron chi connectivity index (χ2n) is 5.02. The zero-order valence-corrected chi connectivity index (χ0v) is 11.4. The van der Waals surface area contributed by atoms with E-state index in [4.69, 9.17) is 5.73 Å². The molecular formula is C16H16F3N. The molecule has 0 spiro atoms. The highest BCUT2D eigenvalue weighted by Gasteiger charge is 2.33. The standard InChI is InChI=1S/C16H16F3N/c1-10-3-4-12(11(2)7-10)8-13-5-6-14(20)9-15(13)16(17,18)19/h3-7,9H,8,20H2,1-2H3. The summed E-state index contributed by atoms with van der Waals surface area (Å²) in [5.41, 5.74) is 8.17. The molecular weight excluding hydrogens is 263 g/mol. The number of rotatable bonds is 2. The van der Waals surface area contributed by atoms with E-state index in [2.05, 4.69) is 0 Å². The monoisotopic (exact) mass is 279 g/mol. The number of nitrogen functional groups attached to an aromatic ring is 1. The van der Waals surface area contributed by atoms with Gasteiger partial charge in [0.2, 0.25) is 0 Å². The van der Waals surface area contributed by atoms with Crippen molar-refractivity contribution >= 4 is 5.69 Å². The SMILES string of the molecule is Cc1ccc(Cc2ccc(N)cc2C(F)(F)F)c(C)c1. The van der Waals surface area contributed by atoms with Gasteiger partial charge in [0, 0.05) is 5.69 Å². The van der Waals surface area contributed by atoms with E-state index < -0.39 is 11.7 Å². The van der Waals surface area contributed by atoms with Crippen molar-refractivity contribution in [3.63, 3.8) is 0 Å². The third-order valence-electron chi connectivity index (χ3n) is 3.32. The molecule has 0 saturated heterocycles. The minimum atomic E-state index is -4.39. The van der Waals surface area contributed by atoms with Crippen molar-refractivity contribution in [3.8, 4) is 0 Å². The van der Waals surface area contributed by atoms with Crippen molar-refractivity contribution < 1.29 is 13.2 Å². The van der Waals surface area contributed by atoms with Crippen molar-refractivity contribution in [1.82, 2.24) is 0 Å². The van der Waals surface area contributed by atoms with E-state index in [1.165, 1.54) is 12.1 Å². The Hall–Kier alpha value is -1.97. The number of halogens is 3. The Bertz CT molecular complexity index is 630. The lowest BCUT2D eigenvalue weighted by molar-refractivity contribution is -0.138. The minimum Gasteiger partial charge on any atom is -0.399 e. The highest BCUT2D eigenvalue weighted by molar-refractivity contribution is 5.48. The molecule has 0 aliphatic carbocycles. The summed E-state index contributed by atoms with van der Waals surface area (Å²) in [4.78, 5) is 0. The Balaban J connectivity index is 2.43. The lowest BCUT2D eigenvalue weighted by Gasteiger charge is -2.15. The van der Waals surface area contributed by atoms with Crippen LogP contribution in [0.4, 0.5) is 18.9 Å². The van der Waals surface area contributed by atoms with E-state index in [1.807, 2.05) is 32.0 Å². The van der Waals surface area contributed by atoms with E-state index >= 15 is 0 Å². The van der Waals surface area contributed by atoms with Crippen LogP contribution in [0.1, 0.15) is 27.8 Å². The third-order valence-corrected chi connectivity index (χ3v) is 3.32. The first-order valence-electron chi connectivity index (χ1n) is 6.29. The average Bonchev–Trinajstić information content (AvgIpc) is 2.33. The van der Waals surface area contributed by atoms with Crippen LogP contribution in [0.2, 0.25) is 0 Å². The zero-order valence-electron chi connectivity index (χ0n) is 11.4. The Labute approximate surface area is 116 Å². The van der Waals surface area contributed by atoms with Gasteiger partial charge in [-0.15, -0.1) is 0 Å². The van der Waals surface area contributed by atoms with Gasteiger partial charge in [-0.2, -0.15) is 13.2 Å². The lowest BCUT2D eigenvalue weighted by Crippen LogP contribution is -2.10. The van der Waals surface area contributed by atoms with Gasteiger partial charge in [0.25, 0.3) is 0 Å². The normalized spacial score (nSPS) is 11.7. The molecule has 0 unspecified atom stereocenters. The summed E-state index contributed by atoms with van der Waals surface area (Å²) < 4.78 is 39.1. The summed E-state index contributed by atoms with van der Waals surface area (Å²) in [5.74, 6) is 0. The topological polar surface area (TPSA) is 26.0 Å². The molecule has 0 saturated carbocycles. The molecule has 0 aromatic heterocycles. The van der Waals surface area contributed by atoms with Crippen LogP contribution in [0.15, 0.2) is 36.4 Å². The van der Waals surface area contributed by atoms with Gasteiger partial charge in [-0.25, -0.2) is 0 Å². The van der Waals surface area contributed by atoms with Crippen molar-refractivity contribution in [2.24, 2.45) is 0 Å². The predicted octanol–water partition coefficient (Wildman–Crippen LogP) is 4.50. The summed E-state index contributed by atoms with van der Waals surface area (Å²) in [6, 6.07) is 9.72. The van der Waals surface area contributed by atoms with E-state index in [0.717, 1.165) is 22.8 Å². The van der Waals surface area contributed by atoms with Gasteiger partial charge in [-0.05, 0) is 49.1 Å². The van der Waals surface area contributed by atoms with Crippen molar-refractivity contribution in [1.29, 1.82) is 0 Å². The third kappa shape index (κ3) is 3.13. The maximum Gasteiger partial charge on any atom is 0.416 e. The average molecular weight is 279 g/mol. The van der Waals surface area contributed by atoms with Gasteiger partial charge in [0.05, 0.1) is 5.56 Å². The van der Waals surface area contributed by atoms with E-state index in [1.54, 1.807) is 0 Å². The predicted molar refractivity (Wildman–Crippen MR) is 74.6 cm³/mol. The summed E-state index contributed by atoms with van der Waals surface area (Å²) >= 11 is 0. The maximum atomic E-state index is 13.0. The second kappa shape index (κ2) is 5.19. The van der Waals surface area contributed by atoms with Crippen LogP contribution >= 0.6 is 0 Å². The van der Waals surface area contributed by atoms with Crippen LogP contribution in [0, 0.1) is 13.8 Å². The van der Waals surface area contributed by atoms with Gasteiger partial charge in [0.1, 0.15) is 0 Å². The molecule has 2 rings (SSSR count). The molecule has 0 fully saturated rings. The number of benzene rings is 2. The van der Waals surface area contributed by atoms with Crippen molar-refractivity contribution in [2.75, 3.05) is 5.73 Å². The number of alkyl halides is 3. The number of nitrogens with two attached hydrogens (primary N) is 1. The fraction of sp³-hybridized carbons (Fsp3) is 0.250. The zero-order chi connectivity index (χ0) is 14.9. The summed E-state index contributed by atoms with van der Waals surface area (Å²) in [6.07, 6.45) is -4.13. The lowest BCUT2D eigenvalue weighted by atomic mass is 9.95. The van der Waals surface area contributed by atoms with Crippen LogP contribution < -0.4 is 5.73 Å².